The van der Waals surface area contributed by atoms with Gasteiger partial charge in [-0.25, -0.2) is 0 Å². The molecule has 18 heavy (non-hydrogen) atoms. The first kappa shape index (κ1) is 12.8. The Hall–Kier alpha value is -1.64. The Morgan fingerprint density at radius 1 is 1.06 bits per heavy atom. The Labute approximate surface area is 108 Å². The van der Waals surface area contributed by atoms with E-state index in [9.17, 15) is 9.59 Å². The predicted octanol–water partition coefficient (Wildman–Crippen LogP) is 3.24. The van der Waals surface area contributed by atoms with Crippen molar-refractivity contribution in [1.29, 1.82) is 0 Å². The maximum Gasteiger partial charge on any atom is 0.230 e. The number of nitrogens with zero attached hydrogens (tertiary/aromatic N) is 1. The van der Waals surface area contributed by atoms with Crippen LogP contribution in [0.2, 0.25) is 0 Å². The molecule has 0 atom stereocenters. The molecule has 2 rings (SSSR count). The molecule has 1 fully saturated rings. The Kier molecular flexibility index (Phi) is 3.80. The smallest absolute Gasteiger partial charge is 0.230 e. The molecule has 0 N–H and O–H groups in total. The number of imide groups is 1. The molecule has 1 aliphatic rings. The highest BCUT2D eigenvalue weighted by Crippen LogP contribution is 2.38. The van der Waals surface area contributed by atoms with Crippen molar-refractivity contribution in [2.24, 2.45) is 0 Å². The van der Waals surface area contributed by atoms with Crippen LogP contribution in [-0.4, -0.2) is 11.8 Å². The summed E-state index contributed by atoms with van der Waals surface area (Å²) in [7, 11) is 0. The summed E-state index contributed by atoms with van der Waals surface area (Å²) in [5.41, 5.74) is 1.91. The minimum atomic E-state index is -0.215. The summed E-state index contributed by atoms with van der Waals surface area (Å²) in [6.45, 7) is 2.87. The van der Waals surface area contributed by atoms with Crippen molar-refractivity contribution in [1.82, 2.24) is 0 Å². The molecule has 3 nitrogen and oxygen atoms in total. The van der Waals surface area contributed by atoms with E-state index in [0.29, 0.717) is 5.92 Å². The summed E-state index contributed by atoms with van der Waals surface area (Å²) >= 11 is 0. The molecule has 0 heterocycles. The summed E-state index contributed by atoms with van der Waals surface area (Å²) in [6, 6.07) is 7.78. The van der Waals surface area contributed by atoms with E-state index in [4.69, 9.17) is 0 Å². The zero-order valence-corrected chi connectivity index (χ0v) is 11.0. The Balaban J connectivity index is 2.42. The van der Waals surface area contributed by atoms with Gasteiger partial charge in [-0.05, 0) is 30.4 Å². The third-order valence-electron chi connectivity index (χ3n) is 3.60. The van der Waals surface area contributed by atoms with E-state index < -0.39 is 0 Å². The molecule has 96 valence electrons. The highest BCUT2D eigenvalue weighted by molar-refractivity contribution is 6.13. The lowest BCUT2D eigenvalue weighted by Gasteiger charge is -2.23. The lowest BCUT2D eigenvalue weighted by atomic mass is 9.95. The molecular weight excluding hydrogens is 226 g/mol. The molecule has 0 radical (unpaired) electrons. The van der Waals surface area contributed by atoms with E-state index in [2.05, 4.69) is 0 Å². The third kappa shape index (κ3) is 2.45. The topological polar surface area (TPSA) is 37.4 Å². The SMILES string of the molecule is CC(=O)N(C(C)=O)c1ccccc1C1CCCC1. The van der Waals surface area contributed by atoms with E-state index in [0.717, 1.165) is 24.1 Å². The molecule has 1 aromatic carbocycles. The van der Waals surface area contributed by atoms with E-state index in [1.54, 1.807) is 0 Å². The van der Waals surface area contributed by atoms with Gasteiger partial charge in [0.25, 0.3) is 0 Å². The number of rotatable bonds is 2. The first-order valence-corrected chi connectivity index (χ1v) is 6.51. The zero-order chi connectivity index (χ0) is 13.1. The number of para-hydroxylation sites is 1. The fourth-order valence-corrected chi connectivity index (χ4v) is 2.83. The number of carbonyl (C=O) groups is 2. The summed E-state index contributed by atoms with van der Waals surface area (Å²) in [6.07, 6.45) is 4.78. The van der Waals surface area contributed by atoms with Crippen LogP contribution < -0.4 is 4.90 Å². The first-order valence-electron chi connectivity index (χ1n) is 6.51. The lowest BCUT2D eigenvalue weighted by molar-refractivity contribution is -0.124. The van der Waals surface area contributed by atoms with Crippen LogP contribution in [-0.2, 0) is 9.59 Å². The number of carbonyl (C=O) groups excluding carboxylic acids is 2. The van der Waals surface area contributed by atoms with Crippen LogP contribution in [0.5, 0.6) is 0 Å². The highest BCUT2D eigenvalue weighted by atomic mass is 16.2. The number of hydrogen-bond acceptors (Lipinski definition) is 2. The summed E-state index contributed by atoms with van der Waals surface area (Å²) in [5.74, 6) is 0.0586. The predicted molar refractivity (Wildman–Crippen MR) is 71.5 cm³/mol. The molecule has 2 amide bonds. The van der Waals surface area contributed by atoms with Gasteiger partial charge in [-0.2, -0.15) is 0 Å². The standard InChI is InChI=1S/C15H19NO2/c1-11(17)16(12(2)18)15-10-6-5-9-14(15)13-7-3-4-8-13/h5-6,9-10,13H,3-4,7-8H2,1-2H3. The zero-order valence-electron chi connectivity index (χ0n) is 11.0. The second kappa shape index (κ2) is 5.34. The van der Waals surface area contributed by atoms with Crippen LogP contribution in [0.1, 0.15) is 51.0 Å². The van der Waals surface area contributed by atoms with Crippen molar-refractivity contribution in [2.75, 3.05) is 4.90 Å². The maximum absolute atomic E-state index is 11.7. The molecule has 1 aliphatic carbocycles. The Morgan fingerprint density at radius 3 is 2.17 bits per heavy atom. The number of benzene rings is 1. The normalized spacial score (nSPS) is 15.7. The molecule has 0 unspecified atom stereocenters. The number of anilines is 1. The fourth-order valence-electron chi connectivity index (χ4n) is 2.83. The molecule has 0 bridgehead atoms. The summed E-state index contributed by atoms with van der Waals surface area (Å²) < 4.78 is 0. The Bertz CT molecular complexity index is 447. The van der Waals surface area contributed by atoms with Gasteiger partial charge in [-0.3, -0.25) is 14.5 Å². The van der Waals surface area contributed by atoms with E-state index >= 15 is 0 Å². The van der Waals surface area contributed by atoms with Gasteiger partial charge in [0, 0.05) is 13.8 Å². The summed E-state index contributed by atoms with van der Waals surface area (Å²) in [5, 5.41) is 0. The van der Waals surface area contributed by atoms with Gasteiger partial charge in [0.2, 0.25) is 11.8 Å². The second-order valence-corrected chi connectivity index (χ2v) is 4.91. The van der Waals surface area contributed by atoms with Crippen molar-refractivity contribution in [3.8, 4) is 0 Å². The largest absolute Gasteiger partial charge is 0.274 e. The quantitative estimate of drug-likeness (QED) is 0.802. The molecule has 0 spiro atoms. The van der Waals surface area contributed by atoms with Gasteiger partial charge in [0.1, 0.15) is 0 Å². The van der Waals surface area contributed by atoms with Crippen LogP contribution in [0, 0.1) is 0 Å². The van der Waals surface area contributed by atoms with Gasteiger partial charge in [0.15, 0.2) is 0 Å². The van der Waals surface area contributed by atoms with Gasteiger partial charge in [-0.1, -0.05) is 31.0 Å². The van der Waals surface area contributed by atoms with Crippen molar-refractivity contribution < 1.29 is 9.59 Å². The van der Waals surface area contributed by atoms with Crippen molar-refractivity contribution in [3.63, 3.8) is 0 Å². The monoisotopic (exact) mass is 245 g/mol. The van der Waals surface area contributed by atoms with Gasteiger partial charge in [-0.15, -0.1) is 0 Å². The van der Waals surface area contributed by atoms with E-state index in [1.165, 1.54) is 31.6 Å². The minimum absolute atomic E-state index is 0.215. The van der Waals surface area contributed by atoms with Gasteiger partial charge >= 0.3 is 0 Å². The molecule has 3 heteroatoms. The number of amides is 2. The second-order valence-electron chi connectivity index (χ2n) is 4.91. The summed E-state index contributed by atoms with van der Waals surface area (Å²) in [4.78, 5) is 24.6. The minimum Gasteiger partial charge on any atom is -0.274 e. The van der Waals surface area contributed by atoms with Gasteiger partial charge < -0.3 is 0 Å². The van der Waals surface area contributed by atoms with Crippen LogP contribution >= 0.6 is 0 Å². The van der Waals surface area contributed by atoms with Crippen LogP contribution in [0.15, 0.2) is 24.3 Å². The van der Waals surface area contributed by atoms with E-state index in [-0.39, 0.29) is 11.8 Å². The molecule has 0 aliphatic heterocycles. The van der Waals surface area contributed by atoms with Crippen molar-refractivity contribution in [2.45, 2.75) is 45.4 Å². The molecular formula is C15H19NO2. The molecule has 1 aromatic rings. The maximum atomic E-state index is 11.7. The van der Waals surface area contributed by atoms with Gasteiger partial charge in [0.05, 0.1) is 5.69 Å². The van der Waals surface area contributed by atoms with Crippen molar-refractivity contribution in [3.05, 3.63) is 29.8 Å². The lowest BCUT2D eigenvalue weighted by Crippen LogP contribution is -2.34. The first-order chi connectivity index (χ1) is 8.61. The fraction of sp³-hybridized carbons (Fsp3) is 0.467. The van der Waals surface area contributed by atoms with E-state index in [1.807, 2.05) is 24.3 Å². The highest BCUT2D eigenvalue weighted by Gasteiger charge is 2.25. The van der Waals surface area contributed by atoms with Crippen LogP contribution in [0.3, 0.4) is 0 Å². The number of hydrogen-bond donors (Lipinski definition) is 0. The van der Waals surface area contributed by atoms with Crippen LogP contribution in [0.4, 0.5) is 5.69 Å². The molecule has 0 aromatic heterocycles. The average Bonchev–Trinajstić information content (AvgIpc) is 2.82. The Morgan fingerprint density at radius 2 is 1.61 bits per heavy atom. The third-order valence-corrected chi connectivity index (χ3v) is 3.60. The molecule has 1 saturated carbocycles. The average molecular weight is 245 g/mol. The van der Waals surface area contributed by atoms with Crippen LogP contribution in [0.25, 0.3) is 0 Å². The van der Waals surface area contributed by atoms with Crippen molar-refractivity contribution >= 4 is 17.5 Å². The molecule has 0 saturated heterocycles.